The van der Waals surface area contributed by atoms with E-state index in [2.05, 4.69) is 4.98 Å². The van der Waals surface area contributed by atoms with E-state index < -0.39 is 7.94 Å². The average molecular weight is 304 g/mol. The fourth-order valence-corrected chi connectivity index (χ4v) is 5.50. The van der Waals surface area contributed by atoms with Gasteiger partial charge in [-0.3, -0.25) is 0 Å². The van der Waals surface area contributed by atoms with Gasteiger partial charge in [0.05, 0.1) is 31.9 Å². The van der Waals surface area contributed by atoms with Crippen molar-refractivity contribution in [2.45, 2.75) is 5.66 Å². The van der Waals surface area contributed by atoms with Gasteiger partial charge in [-0.05, 0) is 24.4 Å². The number of thiazole rings is 1. The summed E-state index contributed by atoms with van der Waals surface area (Å²) >= 11 is 6.73. The highest BCUT2D eigenvalue weighted by Crippen LogP contribution is 2.72. The molecule has 2 rings (SSSR count). The van der Waals surface area contributed by atoms with E-state index in [1.807, 2.05) is 24.3 Å². The van der Waals surface area contributed by atoms with Gasteiger partial charge in [-0.2, -0.15) is 13.6 Å². The number of allylic oxidation sites excluding steroid dienone is 3. The normalized spacial score (nSPS) is 18.7. The molecule has 1 unspecified atom stereocenters. The van der Waals surface area contributed by atoms with E-state index in [-0.39, 0.29) is 5.66 Å². The molecule has 0 aromatic carbocycles. The maximum absolute atomic E-state index is 5.54. The van der Waals surface area contributed by atoms with Crippen molar-refractivity contribution in [1.29, 1.82) is 0 Å². The minimum atomic E-state index is -2.44. The standard InChI is InChI=1S/C11H14NO3PS2/c1-13-16(14-2,15-3)9-7-5-4-6-8-10(9)18-11(17)12-8/h4-7,9H,1-3H3/p+1. The summed E-state index contributed by atoms with van der Waals surface area (Å²) in [6.45, 7) is 0. The molecule has 0 spiro atoms. The molecule has 0 radical (unpaired) electrons. The molecule has 0 amide bonds. The average Bonchev–Trinajstić information content (AvgIpc) is 2.64. The minimum absolute atomic E-state index is 0.0690. The smallest absolute Gasteiger partial charge is 0.337 e. The van der Waals surface area contributed by atoms with Gasteiger partial charge < -0.3 is 4.98 Å². The Bertz CT molecular complexity index is 522. The summed E-state index contributed by atoms with van der Waals surface area (Å²) in [6, 6.07) is 0. The molecule has 98 valence electrons. The number of nitrogens with one attached hydrogen (secondary N) is 1. The molecule has 0 fully saturated rings. The lowest BCUT2D eigenvalue weighted by atomic mass is 10.3. The maximum atomic E-state index is 5.54. The summed E-state index contributed by atoms with van der Waals surface area (Å²) in [5.41, 5.74) is 0.927. The second-order valence-corrected chi connectivity index (χ2v) is 8.02. The third-order valence-electron chi connectivity index (χ3n) is 2.75. The van der Waals surface area contributed by atoms with Gasteiger partial charge in [0.25, 0.3) is 0 Å². The number of H-pyrrole nitrogens is 1. The van der Waals surface area contributed by atoms with Crippen molar-refractivity contribution in [3.63, 3.8) is 0 Å². The van der Waals surface area contributed by atoms with Crippen molar-refractivity contribution in [3.8, 4) is 0 Å². The molecule has 0 aliphatic heterocycles. The lowest BCUT2D eigenvalue weighted by Gasteiger charge is -2.22. The number of hydrogen-bond donors (Lipinski definition) is 1. The molecular formula is C11H15NO3PS2+. The van der Waals surface area contributed by atoms with Crippen LogP contribution < -0.4 is 0 Å². The maximum Gasteiger partial charge on any atom is 0.423 e. The largest absolute Gasteiger partial charge is 0.423 e. The summed E-state index contributed by atoms with van der Waals surface area (Å²) in [4.78, 5) is 4.26. The van der Waals surface area contributed by atoms with Gasteiger partial charge in [0.15, 0.2) is 3.95 Å². The number of rotatable bonds is 4. The third kappa shape index (κ3) is 2.37. The van der Waals surface area contributed by atoms with Crippen LogP contribution in [0.2, 0.25) is 0 Å². The van der Waals surface area contributed by atoms with E-state index in [0.29, 0.717) is 0 Å². The van der Waals surface area contributed by atoms with Crippen molar-refractivity contribution >= 4 is 37.6 Å². The monoisotopic (exact) mass is 304 g/mol. The molecule has 0 bridgehead atoms. The molecule has 1 aliphatic rings. The van der Waals surface area contributed by atoms with Crippen LogP contribution in [0.15, 0.2) is 18.2 Å². The van der Waals surface area contributed by atoms with Crippen molar-refractivity contribution in [1.82, 2.24) is 4.98 Å². The Morgan fingerprint density at radius 3 is 2.50 bits per heavy atom. The van der Waals surface area contributed by atoms with Crippen LogP contribution in [0.4, 0.5) is 0 Å². The molecule has 1 aliphatic carbocycles. The van der Waals surface area contributed by atoms with Crippen LogP contribution in [-0.4, -0.2) is 26.3 Å². The van der Waals surface area contributed by atoms with Gasteiger partial charge in [-0.25, -0.2) is 0 Å². The summed E-state index contributed by atoms with van der Waals surface area (Å²) in [7, 11) is 2.39. The third-order valence-corrected chi connectivity index (χ3v) is 6.89. The van der Waals surface area contributed by atoms with Gasteiger partial charge in [0.1, 0.15) is 0 Å². The SMILES string of the molecule is CO[P+](OC)(OC)C1C=CC=Cc2[nH]c(=S)sc21. The van der Waals surface area contributed by atoms with Crippen molar-refractivity contribution in [2.75, 3.05) is 21.3 Å². The number of aromatic nitrogens is 1. The molecule has 1 atom stereocenters. The van der Waals surface area contributed by atoms with Crippen molar-refractivity contribution in [3.05, 3.63) is 32.8 Å². The van der Waals surface area contributed by atoms with Gasteiger partial charge in [0.2, 0.25) is 5.66 Å². The molecule has 1 aromatic heterocycles. The van der Waals surface area contributed by atoms with Gasteiger partial charge in [-0.1, -0.05) is 12.2 Å². The van der Waals surface area contributed by atoms with Crippen LogP contribution in [0.5, 0.6) is 0 Å². The highest BCUT2D eigenvalue weighted by atomic mass is 32.1. The Labute approximate surface area is 116 Å². The molecular weight excluding hydrogens is 289 g/mol. The molecule has 1 aromatic rings. The Morgan fingerprint density at radius 2 is 1.89 bits per heavy atom. The Balaban J connectivity index is 2.54. The Hall–Kier alpha value is -0.360. The zero-order valence-corrected chi connectivity index (χ0v) is 12.9. The topological polar surface area (TPSA) is 43.5 Å². The zero-order valence-electron chi connectivity index (χ0n) is 10.4. The molecule has 1 N–H and O–H groups in total. The Morgan fingerprint density at radius 1 is 1.22 bits per heavy atom. The summed E-state index contributed by atoms with van der Waals surface area (Å²) in [5, 5.41) is 0. The van der Waals surface area contributed by atoms with E-state index >= 15 is 0 Å². The predicted molar refractivity (Wildman–Crippen MR) is 78.4 cm³/mol. The summed E-state index contributed by atoms with van der Waals surface area (Å²) in [6.07, 6.45) is 7.96. The van der Waals surface area contributed by atoms with E-state index in [1.165, 1.54) is 11.3 Å². The lowest BCUT2D eigenvalue weighted by Crippen LogP contribution is -2.09. The van der Waals surface area contributed by atoms with E-state index in [1.54, 1.807) is 21.3 Å². The second-order valence-electron chi connectivity index (χ2n) is 3.57. The summed E-state index contributed by atoms with van der Waals surface area (Å²) in [5.74, 6) is 0. The van der Waals surface area contributed by atoms with Crippen LogP contribution in [-0.2, 0) is 13.6 Å². The van der Waals surface area contributed by atoms with Crippen LogP contribution in [0, 0.1) is 3.95 Å². The second kappa shape index (κ2) is 5.74. The van der Waals surface area contributed by atoms with Crippen LogP contribution in [0.25, 0.3) is 6.08 Å². The van der Waals surface area contributed by atoms with Crippen molar-refractivity contribution in [2.24, 2.45) is 0 Å². The van der Waals surface area contributed by atoms with Crippen LogP contribution in [0.3, 0.4) is 0 Å². The van der Waals surface area contributed by atoms with Gasteiger partial charge in [0, 0.05) is 0 Å². The fourth-order valence-electron chi connectivity index (χ4n) is 1.92. The minimum Gasteiger partial charge on any atom is -0.337 e. The molecule has 1 heterocycles. The molecule has 0 saturated heterocycles. The van der Waals surface area contributed by atoms with Gasteiger partial charge >= 0.3 is 7.94 Å². The summed E-state index contributed by atoms with van der Waals surface area (Å²) < 4.78 is 17.4. The first-order valence-electron chi connectivity index (χ1n) is 5.30. The lowest BCUT2D eigenvalue weighted by molar-refractivity contribution is 0.205. The molecule has 0 saturated carbocycles. The van der Waals surface area contributed by atoms with Crippen molar-refractivity contribution < 1.29 is 13.6 Å². The highest BCUT2D eigenvalue weighted by molar-refractivity contribution is 7.73. The first-order valence-corrected chi connectivity index (χ1v) is 8.14. The number of aromatic amines is 1. The molecule has 18 heavy (non-hydrogen) atoms. The van der Waals surface area contributed by atoms with Crippen LogP contribution >= 0.6 is 31.5 Å². The van der Waals surface area contributed by atoms with E-state index in [0.717, 1.165) is 14.5 Å². The molecule has 4 nitrogen and oxygen atoms in total. The quantitative estimate of drug-likeness (QED) is 0.671. The zero-order chi connectivity index (χ0) is 13.2. The number of fused-ring (bicyclic) bond motifs is 1. The van der Waals surface area contributed by atoms with Gasteiger partial charge in [-0.15, -0.1) is 11.3 Å². The Kier molecular flexibility index (Phi) is 4.48. The molecule has 7 heteroatoms. The highest BCUT2D eigenvalue weighted by Gasteiger charge is 2.52. The van der Waals surface area contributed by atoms with E-state index in [4.69, 9.17) is 25.8 Å². The number of hydrogen-bond acceptors (Lipinski definition) is 5. The first kappa shape index (κ1) is 14.1. The predicted octanol–water partition coefficient (Wildman–Crippen LogP) is 4.13. The van der Waals surface area contributed by atoms with Crippen LogP contribution in [0.1, 0.15) is 16.2 Å². The van der Waals surface area contributed by atoms with E-state index in [9.17, 15) is 0 Å². The first-order chi connectivity index (χ1) is 8.66. The fraction of sp³-hybridized carbons (Fsp3) is 0.364.